The lowest BCUT2D eigenvalue weighted by atomic mass is 9.98. The number of aromatic nitrogens is 2. The van der Waals surface area contributed by atoms with Crippen molar-refractivity contribution in [2.45, 2.75) is 25.8 Å². The van der Waals surface area contributed by atoms with Crippen LogP contribution >= 0.6 is 11.3 Å². The molecule has 0 spiro atoms. The van der Waals surface area contributed by atoms with E-state index in [2.05, 4.69) is 17.1 Å². The van der Waals surface area contributed by atoms with Gasteiger partial charge in [0.25, 0.3) is 5.91 Å². The summed E-state index contributed by atoms with van der Waals surface area (Å²) in [7, 11) is 0. The largest absolute Gasteiger partial charge is 0.494 e. The third-order valence-electron chi connectivity index (χ3n) is 5.27. The van der Waals surface area contributed by atoms with Crippen LogP contribution in [0.2, 0.25) is 0 Å². The highest BCUT2D eigenvalue weighted by Gasteiger charge is 2.45. The zero-order chi connectivity index (χ0) is 21.4. The number of para-hydroxylation sites is 1. The van der Waals surface area contributed by atoms with Crippen LogP contribution in [0.3, 0.4) is 0 Å². The molecule has 5 rings (SSSR count). The van der Waals surface area contributed by atoms with Gasteiger partial charge in [-0.2, -0.15) is 0 Å². The summed E-state index contributed by atoms with van der Waals surface area (Å²) in [4.78, 5) is 28.3. The average molecular weight is 433 g/mol. The van der Waals surface area contributed by atoms with E-state index in [0.29, 0.717) is 34.0 Å². The Hall–Kier alpha value is -3.52. The van der Waals surface area contributed by atoms with Gasteiger partial charge in [-0.05, 0) is 36.2 Å². The summed E-state index contributed by atoms with van der Waals surface area (Å²) in [6, 6.07) is 13.8. The molecule has 0 unspecified atom stereocenters. The van der Waals surface area contributed by atoms with Crippen LogP contribution in [0, 0.1) is 0 Å². The van der Waals surface area contributed by atoms with Crippen LogP contribution < -0.4 is 15.1 Å². The van der Waals surface area contributed by atoms with Crippen molar-refractivity contribution in [2.24, 2.45) is 0 Å². The lowest BCUT2D eigenvalue weighted by Gasteiger charge is -2.22. The van der Waals surface area contributed by atoms with E-state index in [4.69, 9.17) is 9.15 Å². The maximum Gasteiger partial charge on any atom is 0.297 e. The number of amides is 1. The highest BCUT2D eigenvalue weighted by Crippen LogP contribution is 2.42. The van der Waals surface area contributed by atoms with Crippen molar-refractivity contribution in [1.82, 2.24) is 10.2 Å². The van der Waals surface area contributed by atoms with E-state index in [0.717, 1.165) is 18.4 Å². The number of hydrogen-bond donors (Lipinski definition) is 0. The molecule has 4 aromatic rings. The molecule has 156 valence electrons. The standard InChI is InChI=1S/C23H19N3O4S/c1-2-3-11-29-15-8-6-7-14(12-15)19-18-20(27)16-9-4-5-10-17(16)30-21(18)22(28)26(19)23-25-24-13-31-23/h4-10,12-13,19H,2-3,11H2,1H3/t19-/m0/s1. The lowest BCUT2D eigenvalue weighted by Crippen LogP contribution is -2.29. The van der Waals surface area contributed by atoms with Crippen LogP contribution in [0.5, 0.6) is 5.75 Å². The predicted octanol–water partition coefficient (Wildman–Crippen LogP) is 4.57. The summed E-state index contributed by atoms with van der Waals surface area (Å²) < 4.78 is 11.8. The Bertz CT molecular complexity index is 1320. The van der Waals surface area contributed by atoms with E-state index >= 15 is 0 Å². The number of nitrogens with zero attached hydrogens (tertiary/aromatic N) is 3. The Kier molecular flexibility index (Phi) is 4.99. The van der Waals surface area contributed by atoms with Gasteiger partial charge >= 0.3 is 0 Å². The second-order valence-corrected chi connectivity index (χ2v) is 8.06. The number of anilines is 1. The molecule has 0 N–H and O–H groups in total. The Balaban J connectivity index is 1.69. The summed E-state index contributed by atoms with van der Waals surface area (Å²) in [5.74, 6) is 0.326. The van der Waals surface area contributed by atoms with E-state index in [9.17, 15) is 9.59 Å². The highest BCUT2D eigenvalue weighted by molar-refractivity contribution is 7.13. The predicted molar refractivity (Wildman–Crippen MR) is 118 cm³/mol. The molecule has 7 nitrogen and oxygen atoms in total. The number of fused-ring (bicyclic) bond motifs is 2. The van der Waals surface area contributed by atoms with Gasteiger partial charge in [0.05, 0.1) is 23.6 Å². The van der Waals surface area contributed by atoms with Crippen LogP contribution in [0.4, 0.5) is 5.13 Å². The van der Waals surface area contributed by atoms with Crippen LogP contribution in [0.1, 0.15) is 47.5 Å². The van der Waals surface area contributed by atoms with Gasteiger partial charge in [-0.15, -0.1) is 10.2 Å². The minimum absolute atomic E-state index is 0.0428. The molecule has 0 saturated heterocycles. The molecule has 2 aromatic heterocycles. The first-order valence-electron chi connectivity index (χ1n) is 10.1. The number of carbonyl (C=O) groups excluding carboxylic acids is 1. The lowest BCUT2D eigenvalue weighted by molar-refractivity contribution is 0.0970. The van der Waals surface area contributed by atoms with Crippen LogP contribution in [-0.4, -0.2) is 22.7 Å². The fourth-order valence-corrected chi connectivity index (χ4v) is 4.40. The fourth-order valence-electron chi connectivity index (χ4n) is 3.81. The molecular weight excluding hydrogens is 414 g/mol. The van der Waals surface area contributed by atoms with E-state index in [1.165, 1.54) is 16.2 Å². The van der Waals surface area contributed by atoms with Crippen LogP contribution in [-0.2, 0) is 0 Å². The zero-order valence-electron chi connectivity index (χ0n) is 16.8. The number of ether oxygens (including phenoxy) is 1. The highest BCUT2D eigenvalue weighted by atomic mass is 32.1. The Morgan fingerprint density at radius 1 is 1.16 bits per heavy atom. The SMILES string of the molecule is CCCCOc1cccc([C@H]2c3c(oc4ccccc4c3=O)C(=O)N2c2nncs2)c1. The van der Waals surface area contributed by atoms with Gasteiger partial charge in [0.1, 0.15) is 16.8 Å². The average Bonchev–Trinajstić information content (AvgIpc) is 3.41. The van der Waals surface area contributed by atoms with Crippen molar-refractivity contribution in [3.8, 4) is 5.75 Å². The number of rotatable bonds is 6. The molecule has 3 heterocycles. The summed E-state index contributed by atoms with van der Waals surface area (Å²) in [5, 5.41) is 8.81. The van der Waals surface area contributed by atoms with Crippen molar-refractivity contribution >= 4 is 33.3 Å². The van der Waals surface area contributed by atoms with E-state index in [1.807, 2.05) is 24.3 Å². The van der Waals surface area contributed by atoms with E-state index in [-0.39, 0.29) is 11.2 Å². The number of unbranched alkanes of at least 4 members (excludes halogenated alkanes) is 1. The zero-order valence-corrected chi connectivity index (χ0v) is 17.6. The minimum Gasteiger partial charge on any atom is -0.494 e. The van der Waals surface area contributed by atoms with Gasteiger partial charge in [-0.1, -0.05) is 48.9 Å². The van der Waals surface area contributed by atoms with E-state index < -0.39 is 11.9 Å². The molecule has 8 heteroatoms. The molecule has 1 amide bonds. The first kappa shape index (κ1) is 19.4. The quantitative estimate of drug-likeness (QED) is 0.414. The van der Waals surface area contributed by atoms with Crippen molar-refractivity contribution in [2.75, 3.05) is 11.5 Å². The van der Waals surface area contributed by atoms with Crippen molar-refractivity contribution < 1.29 is 13.9 Å². The minimum atomic E-state index is -0.675. The second kappa shape index (κ2) is 7.96. The van der Waals surface area contributed by atoms with Crippen LogP contribution in [0.15, 0.2) is 63.3 Å². The smallest absolute Gasteiger partial charge is 0.297 e. The van der Waals surface area contributed by atoms with Gasteiger partial charge in [-0.25, -0.2) is 0 Å². The van der Waals surface area contributed by atoms with Crippen molar-refractivity contribution in [3.63, 3.8) is 0 Å². The molecule has 0 fully saturated rings. The number of carbonyl (C=O) groups is 1. The van der Waals surface area contributed by atoms with Gasteiger partial charge in [0.2, 0.25) is 10.9 Å². The van der Waals surface area contributed by atoms with Gasteiger partial charge < -0.3 is 9.15 Å². The Morgan fingerprint density at radius 2 is 2.03 bits per heavy atom. The molecule has 0 radical (unpaired) electrons. The van der Waals surface area contributed by atoms with E-state index in [1.54, 1.807) is 29.8 Å². The normalized spacial score (nSPS) is 15.5. The fraction of sp³-hybridized carbons (Fsp3) is 0.217. The maximum absolute atomic E-state index is 13.5. The Labute approximate surface area is 181 Å². The summed E-state index contributed by atoms with van der Waals surface area (Å²) in [6.07, 6.45) is 1.98. The third kappa shape index (κ3) is 3.29. The summed E-state index contributed by atoms with van der Waals surface area (Å²) in [6.45, 7) is 2.71. The first-order valence-corrected chi connectivity index (χ1v) is 10.9. The topological polar surface area (TPSA) is 85.5 Å². The molecule has 31 heavy (non-hydrogen) atoms. The molecule has 1 atom stereocenters. The third-order valence-corrected chi connectivity index (χ3v) is 5.96. The van der Waals surface area contributed by atoms with Crippen molar-refractivity contribution in [1.29, 1.82) is 0 Å². The first-order chi connectivity index (χ1) is 15.2. The van der Waals surface area contributed by atoms with Crippen molar-refractivity contribution in [3.05, 3.63) is 81.2 Å². The molecule has 2 aromatic carbocycles. The number of benzene rings is 2. The number of hydrogen-bond acceptors (Lipinski definition) is 7. The summed E-state index contributed by atoms with van der Waals surface area (Å²) in [5.41, 5.74) is 2.77. The van der Waals surface area contributed by atoms with Gasteiger partial charge in [0, 0.05) is 0 Å². The van der Waals surface area contributed by atoms with Crippen LogP contribution in [0.25, 0.3) is 11.0 Å². The summed E-state index contributed by atoms with van der Waals surface area (Å²) >= 11 is 1.23. The maximum atomic E-state index is 13.5. The molecule has 0 bridgehead atoms. The van der Waals surface area contributed by atoms with Gasteiger partial charge in [-0.3, -0.25) is 14.5 Å². The Morgan fingerprint density at radius 3 is 2.84 bits per heavy atom. The molecule has 1 aliphatic rings. The molecule has 0 aliphatic carbocycles. The molecule has 1 aliphatic heterocycles. The molecular formula is C23H19N3O4S. The van der Waals surface area contributed by atoms with Gasteiger partial charge in [0.15, 0.2) is 5.43 Å². The second-order valence-electron chi connectivity index (χ2n) is 7.24. The monoisotopic (exact) mass is 433 g/mol. The molecule has 0 saturated carbocycles.